The Bertz CT molecular complexity index is 985. The zero-order chi connectivity index (χ0) is 23.7. The van der Waals surface area contributed by atoms with Crippen LogP contribution >= 0.6 is 0 Å². The van der Waals surface area contributed by atoms with Gasteiger partial charge in [0.25, 0.3) is 0 Å². The van der Waals surface area contributed by atoms with Crippen LogP contribution in [0.25, 0.3) is 0 Å². The molecule has 1 aliphatic carbocycles. The SMILES string of the molecule is CC(Nc1nccc(N2C(=O)OCC2C(C)C)n1)c1ccc(CN2CCN(C3CC3)CC2)cc1. The van der Waals surface area contributed by atoms with Crippen molar-refractivity contribution in [1.29, 1.82) is 0 Å². The monoisotopic (exact) mass is 464 g/mol. The Morgan fingerprint density at radius 3 is 2.47 bits per heavy atom. The van der Waals surface area contributed by atoms with Gasteiger partial charge in [0.2, 0.25) is 5.95 Å². The van der Waals surface area contributed by atoms with Crippen LogP contribution < -0.4 is 10.2 Å². The molecule has 0 spiro atoms. The van der Waals surface area contributed by atoms with E-state index in [1.165, 1.54) is 37.1 Å². The fourth-order valence-corrected chi connectivity index (χ4v) is 4.92. The van der Waals surface area contributed by atoms with Gasteiger partial charge in [0.15, 0.2) is 0 Å². The van der Waals surface area contributed by atoms with Crippen LogP contribution in [0.3, 0.4) is 0 Å². The Hall–Kier alpha value is -2.71. The van der Waals surface area contributed by atoms with Crippen LogP contribution in [0.1, 0.15) is 50.8 Å². The third kappa shape index (κ3) is 5.18. The number of nitrogens with zero attached hydrogens (tertiary/aromatic N) is 5. The first-order chi connectivity index (χ1) is 16.5. The predicted molar refractivity (Wildman–Crippen MR) is 133 cm³/mol. The van der Waals surface area contributed by atoms with Gasteiger partial charge in [-0.25, -0.2) is 9.78 Å². The van der Waals surface area contributed by atoms with Crippen LogP contribution in [-0.2, 0) is 11.3 Å². The van der Waals surface area contributed by atoms with Gasteiger partial charge < -0.3 is 10.1 Å². The van der Waals surface area contributed by atoms with Crippen molar-refractivity contribution in [3.8, 4) is 0 Å². The zero-order valence-corrected chi connectivity index (χ0v) is 20.5. The van der Waals surface area contributed by atoms with E-state index in [-0.39, 0.29) is 24.1 Å². The molecule has 34 heavy (non-hydrogen) atoms. The van der Waals surface area contributed by atoms with Gasteiger partial charge >= 0.3 is 6.09 Å². The summed E-state index contributed by atoms with van der Waals surface area (Å²) < 4.78 is 5.27. The van der Waals surface area contributed by atoms with Gasteiger partial charge in [-0.2, -0.15) is 4.98 Å². The van der Waals surface area contributed by atoms with E-state index in [1.54, 1.807) is 17.2 Å². The minimum absolute atomic E-state index is 0.0168. The number of hydrogen-bond acceptors (Lipinski definition) is 7. The second kappa shape index (κ2) is 9.88. The van der Waals surface area contributed by atoms with E-state index in [1.807, 2.05) is 0 Å². The van der Waals surface area contributed by atoms with Gasteiger partial charge in [0.05, 0.1) is 12.1 Å². The van der Waals surface area contributed by atoms with Gasteiger partial charge in [-0.3, -0.25) is 14.7 Å². The Labute approximate surface area is 202 Å². The summed E-state index contributed by atoms with van der Waals surface area (Å²) in [5.74, 6) is 1.35. The summed E-state index contributed by atoms with van der Waals surface area (Å²) in [6.45, 7) is 12.4. The van der Waals surface area contributed by atoms with Gasteiger partial charge in [-0.1, -0.05) is 38.1 Å². The summed E-state index contributed by atoms with van der Waals surface area (Å²) in [6, 6.07) is 11.5. The average Bonchev–Trinajstić information content (AvgIpc) is 3.61. The van der Waals surface area contributed by atoms with E-state index >= 15 is 0 Å². The van der Waals surface area contributed by atoms with Crippen molar-refractivity contribution in [2.75, 3.05) is 43.0 Å². The number of piperazine rings is 1. The lowest BCUT2D eigenvalue weighted by atomic mass is 10.0. The van der Waals surface area contributed by atoms with Crippen molar-refractivity contribution in [3.05, 3.63) is 47.7 Å². The first-order valence-corrected chi connectivity index (χ1v) is 12.6. The maximum absolute atomic E-state index is 12.3. The number of carbonyl (C=O) groups is 1. The van der Waals surface area contributed by atoms with Crippen molar-refractivity contribution in [2.24, 2.45) is 5.92 Å². The molecule has 0 bridgehead atoms. The smallest absolute Gasteiger partial charge is 0.415 e. The van der Waals surface area contributed by atoms with Crippen LogP contribution in [-0.4, -0.2) is 70.7 Å². The average molecular weight is 465 g/mol. The molecule has 3 fully saturated rings. The quantitative estimate of drug-likeness (QED) is 0.635. The molecule has 3 aliphatic rings. The fourth-order valence-electron chi connectivity index (χ4n) is 4.92. The Morgan fingerprint density at radius 2 is 1.79 bits per heavy atom. The number of benzene rings is 1. The summed E-state index contributed by atoms with van der Waals surface area (Å²) >= 11 is 0. The maximum Gasteiger partial charge on any atom is 0.415 e. The Kier molecular flexibility index (Phi) is 6.70. The number of ether oxygens (including phenoxy) is 1. The highest BCUT2D eigenvalue weighted by molar-refractivity contribution is 5.89. The van der Waals surface area contributed by atoms with Crippen LogP contribution in [0.15, 0.2) is 36.5 Å². The molecular weight excluding hydrogens is 428 g/mol. The van der Waals surface area contributed by atoms with Gasteiger partial charge in [0.1, 0.15) is 12.4 Å². The molecule has 8 heteroatoms. The largest absolute Gasteiger partial charge is 0.447 e. The lowest BCUT2D eigenvalue weighted by Gasteiger charge is -2.34. The molecule has 5 rings (SSSR count). The number of cyclic esters (lactones) is 1. The van der Waals surface area contributed by atoms with Crippen LogP contribution in [0, 0.1) is 5.92 Å². The number of amides is 1. The highest BCUT2D eigenvalue weighted by atomic mass is 16.6. The van der Waals surface area contributed by atoms with Crippen molar-refractivity contribution in [2.45, 2.75) is 58.3 Å². The molecule has 182 valence electrons. The molecular formula is C26H36N6O2. The van der Waals surface area contributed by atoms with Crippen LogP contribution in [0.2, 0.25) is 0 Å². The maximum atomic E-state index is 12.3. The zero-order valence-electron chi connectivity index (χ0n) is 20.5. The number of rotatable bonds is 8. The highest BCUT2D eigenvalue weighted by Crippen LogP contribution is 2.28. The number of hydrogen-bond donors (Lipinski definition) is 1. The van der Waals surface area contributed by atoms with Crippen LogP contribution in [0.4, 0.5) is 16.6 Å². The van der Waals surface area contributed by atoms with E-state index in [4.69, 9.17) is 4.74 Å². The van der Waals surface area contributed by atoms with E-state index in [2.05, 4.69) is 70.1 Å². The lowest BCUT2D eigenvalue weighted by molar-refractivity contribution is 0.121. The second-order valence-electron chi connectivity index (χ2n) is 10.1. The van der Waals surface area contributed by atoms with Crippen molar-refractivity contribution < 1.29 is 9.53 Å². The van der Waals surface area contributed by atoms with Crippen LogP contribution in [0.5, 0.6) is 0 Å². The minimum Gasteiger partial charge on any atom is -0.447 e. The molecule has 1 saturated carbocycles. The van der Waals surface area contributed by atoms with E-state index in [0.29, 0.717) is 18.4 Å². The summed E-state index contributed by atoms with van der Waals surface area (Å²) in [5, 5.41) is 3.39. The molecule has 0 radical (unpaired) electrons. The van der Waals surface area contributed by atoms with Gasteiger partial charge in [0, 0.05) is 45.0 Å². The first kappa shape index (κ1) is 23.1. The van der Waals surface area contributed by atoms with Crippen molar-refractivity contribution in [1.82, 2.24) is 19.8 Å². The third-order valence-corrected chi connectivity index (χ3v) is 7.26. The lowest BCUT2D eigenvalue weighted by Crippen LogP contribution is -2.46. The summed E-state index contributed by atoms with van der Waals surface area (Å²) in [5.41, 5.74) is 2.53. The number of aromatic nitrogens is 2. The molecule has 3 heterocycles. The molecule has 2 atom stereocenters. The van der Waals surface area contributed by atoms with Gasteiger partial charge in [-0.15, -0.1) is 0 Å². The number of carbonyl (C=O) groups excluding carboxylic acids is 1. The molecule has 1 N–H and O–H groups in total. The molecule has 2 aliphatic heterocycles. The Morgan fingerprint density at radius 1 is 1.06 bits per heavy atom. The molecule has 1 amide bonds. The van der Waals surface area contributed by atoms with Crippen molar-refractivity contribution >= 4 is 17.9 Å². The summed E-state index contributed by atoms with van der Waals surface area (Å²) in [4.78, 5) is 28.1. The number of nitrogens with one attached hydrogen (secondary N) is 1. The molecule has 8 nitrogen and oxygen atoms in total. The predicted octanol–water partition coefficient (Wildman–Crippen LogP) is 3.91. The minimum atomic E-state index is -0.346. The normalized spacial score (nSPS) is 22.8. The van der Waals surface area contributed by atoms with Crippen molar-refractivity contribution in [3.63, 3.8) is 0 Å². The molecule has 2 saturated heterocycles. The first-order valence-electron chi connectivity index (χ1n) is 12.6. The second-order valence-corrected chi connectivity index (χ2v) is 10.1. The van der Waals surface area contributed by atoms with E-state index in [0.717, 1.165) is 25.7 Å². The van der Waals surface area contributed by atoms with Gasteiger partial charge in [-0.05, 0) is 42.9 Å². The molecule has 1 aromatic carbocycles. The third-order valence-electron chi connectivity index (χ3n) is 7.26. The standard InChI is InChI=1S/C26H36N6O2/c1-18(2)23-17-34-26(33)32(23)24-10-11-27-25(29-24)28-19(3)21-6-4-20(5-7-21)16-30-12-14-31(15-13-30)22-8-9-22/h4-7,10-11,18-19,22-23H,8-9,12-17H2,1-3H3,(H,27,28,29). The molecule has 1 aromatic heterocycles. The summed E-state index contributed by atoms with van der Waals surface area (Å²) in [7, 11) is 0. The molecule has 2 unspecified atom stereocenters. The fraction of sp³-hybridized carbons (Fsp3) is 0.577. The molecule has 2 aromatic rings. The van der Waals surface area contributed by atoms with E-state index < -0.39 is 0 Å². The Balaban J connectivity index is 1.18. The number of anilines is 2. The highest BCUT2D eigenvalue weighted by Gasteiger charge is 2.37. The topological polar surface area (TPSA) is 73.8 Å². The van der Waals surface area contributed by atoms with E-state index in [9.17, 15) is 4.79 Å². The summed E-state index contributed by atoms with van der Waals surface area (Å²) in [6.07, 6.45) is 4.13.